The molecule has 2 atom stereocenters. The van der Waals surface area contributed by atoms with Crippen molar-refractivity contribution >= 4 is 10.9 Å². The molecule has 1 saturated heterocycles. The van der Waals surface area contributed by atoms with Crippen molar-refractivity contribution in [2.45, 2.75) is 51.3 Å². The number of aromatic nitrogens is 4. The summed E-state index contributed by atoms with van der Waals surface area (Å²) in [5.74, 6) is 0. The summed E-state index contributed by atoms with van der Waals surface area (Å²) in [6, 6.07) is 6.67. The average molecular weight is 339 g/mol. The fraction of sp³-hybridized carbons (Fsp3) is 0.474. The number of aromatic amines is 1. The fourth-order valence-corrected chi connectivity index (χ4v) is 3.74. The van der Waals surface area contributed by atoms with Crippen molar-refractivity contribution in [2.75, 3.05) is 6.54 Å². The number of nitrogens with zero attached hydrogens (tertiary/aromatic N) is 3. The molecule has 6 nitrogen and oxygen atoms in total. The molecule has 0 spiro atoms. The molecular formula is C19H25N5O. The summed E-state index contributed by atoms with van der Waals surface area (Å²) in [6.07, 6.45) is 7.41. The maximum Gasteiger partial charge on any atom is 0.103 e. The number of H-pyrrole nitrogens is 1. The van der Waals surface area contributed by atoms with E-state index in [1.54, 1.807) is 0 Å². The number of hydrogen-bond donors (Lipinski definition) is 3. The van der Waals surface area contributed by atoms with Gasteiger partial charge in [-0.2, -0.15) is 10.2 Å². The van der Waals surface area contributed by atoms with Crippen LogP contribution >= 0.6 is 0 Å². The van der Waals surface area contributed by atoms with Gasteiger partial charge in [-0.15, -0.1) is 0 Å². The smallest absolute Gasteiger partial charge is 0.103 e. The summed E-state index contributed by atoms with van der Waals surface area (Å²) in [6.45, 7) is 3.97. The minimum atomic E-state index is -0.216. The molecular weight excluding hydrogens is 314 g/mol. The monoisotopic (exact) mass is 339 g/mol. The van der Waals surface area contributed by atoms with Crippen LogP contribution in [0.15, 0.2) is 30.6 Å². The van der Waals surface area contributed by atoms with E-state index in [1.165, 1.54) is 5.56 Å². The van der Waals surface area contributed by atoms with Crippen LogP contribution in [-0.4, -0.2) is 43.8 Å². The van der Waals surface area contributed by atoms with Gasteiger partial charge in [0.25, 0.3) is 0 Å². The van der Waals surface area contributed by atoms with E-state index in [2.05, 4.69) is 45.3 Å². The minimum absolute atomic E-state index is 0.214. The number of aliphatic hydroxyl groups excluding tert-OH is 1. The number of rotatable bonds is 5. The van der Waals surface area contributed by atoms with E-state index in [0.717, 1.165) is 60.9 Å². The number of aliphatic hydroxyl groups is 1. The molecule has 0 radical (unpaired) electrons. The third kappa shape index (κ3) is 3.32. The summed E-state index contributed by atoms with van der Waals surface area (Å²) < 4.78 is 2.10. The predicted octanol–water partition coefficient (Wildman–Crippen LogP) is 2.63. The Labute approximate surface area is 147 Å². The molecule has 1 aliphatic heterocycles. The lowest BCUT2D eigenvalue weighted by molar-refractivity contribution is 0.0908. The van der Waals surface area contributed by atoms with Crippen LogP contribution in [0, 0.1) is 6.92 Å². The number of nitrogens with one attached hydrogen (secondary N) is 2. The highest BCUT2D eigenvalue weighted by molar-refractivity contribution is 5.93. The summed E-state index contributed by atoms with van der Waals surface area (Å²) in [5, 5.41) is 26.5. The molecule has 0 saturated carbocycles. The predicted molar refractivity (Wildman–Crippen MR) is 98.3 cm³/mol. The van der Waals surface area contributed by atoms with Gasteiger partial charge < -0.3 is 10.4 Å². The van der Waals surface area contributed by atoms with Crippen molar-refractivity contribution in [1.29, 1.82) is 0 Å². The molecule has 1 fully saturated rings. The highest BCUT2D eigenvalue weighted by Crippen LogP contribution is 2.28. The van der Waals surface area contributed by atoms with Crippen LogP contribution in [0.3, 0.4) is 0 Å². The lowest BCUT2D eigenvalue weighted by Crippen LogP contribution is -2.44. The van der Waals surface area contributed by atoms with E-state index >= 15 is 0 Å². The van der Waals surface area contributed by atoms with Crippen molar-refractivity contribution in [3.05, 3.63) is 36.2 Å². The fourth-order valence-electron chi connectivity index (χ4n) is 3.74. The minimum Gasteiger partial charge on any atom is -0.392 e. The Bertz CT molecular complexity index is 839. The van der Waals surface area contributed by atoms with E-state index in [-0.39, 0.29) is 12.1 Å². The quantitative estimate of drug-likeness (QED) is 0.668. The molecule has 0 aliphatic carbocycles. The van der Waals surface area contributed by atoms with Crippen LogP contribution in [0.2, 0.25) is 0 Å². The summed E-state index contributed by atoms with van der Waals surface area (Å²) in [5.41, 5.74) is 4.38. The Morgan fingerprint density at radius 2 is 2.28 bits per heavy atom. The molecule has 1 aromatic carbocycles. The van der Waals surface area contributed by atoms with Gasteiger partial charge in [0, 0.05) is 29.7 Å². The van der Waals surface area contributed by atoms with Crippen LogP contribution in [0.1, 0.15) is 31.2 Å². The molecule has 2 aromatic heterocycles. The van der Waals surface area contributed by atoms with E-state index in [4.69, 9.17) is 5.10 Å². The van der Waals surface area contributed by atoms with Crippen molar-refractivity contribution < 1.29 is 5.11 Å². The maximum atomic E-state index is 10.1. The molecule has 0 amide bonds. The first kappa shape index (κ1) is 16.3. The standard InChI is InChI=1S/C19H25N5O/c1-13-6-7-15-17(10-13)24(23-19(15)14-11-21-22-12-14)9-3-4-16-18(25)5-2-8-20-16/h6-7,10-12,16,18,20,25H,2-5,8-9H2,1H3,(H,21,22)/t16-,18+/m1/s1. The van der Waals surface area contributed by atoms with Gasteiger partial charge in [-0.25, -0.2) is 0 Å². The number of hydrogen-bond acceptors (Lipinski definition) is 4. The van der Waals surface area contributed by atoms with Crippen LogP contribution < -0.4 is 5.32 Å². The number of aryl methyl sites for hydroxylation is 2. The first-order chi connectivity index (χ1) is 12.2. The van der Waals surface area contributed by atoms with E-state index in [1.807, 2.05) is 12.4 Å². The second kappa shape index (κ2) is 6.98. The molecule has 3 N–H and O–H groups in total. The largest absolute Gasteiger partial charge is 0.392 e. The normalized spacial score (nSPS) is 21.0. The van der Waals surface area contributed by atoms with Crippen molar-refractivity contribution in [1.82, 2.24) is 25.3 Å². The summed E-state index contributed by atoms with van der Waals surface area (Å²) >= 11 is 0. The van der Waals surface area contributed by atoms with Crippen molar-refractivity contribution in [2.24, 2.45) is 0 Å². The maximum absolute atomic E-state index is 10.1. The Morgan fingerprint density at radius 1 is 1.36 bits per heavy atom. The van der Waals surface area contributed by atoms with Gasteiger partial charge in [0.15, 0.2) is 0 Å². The lowest BCUT2D eigenvalue weighted by atomic mass is 9.97. The molecule has 4 rings (SSSR count). The van der Waals surface area contributed by atoms with Crippen molar-refractivity contribution in [3.8, 4) is 11.3 Å². The van der Waals surface area contributed by atoms with E-state index < -0.39 is 0 Å². The zero-order valence-electron chi connectivity index (χ0n) is 14.6. The molecule has 25 heavy (non-hydrogen) atoms. The summed E-state index contributed by atoms with van der Waals surface area (Å²) in [4.78, 5) is 0. The van der Waals surface area contributed by atoms with E-state index in [9.17, 15) is 5.11 Å². The number of fused-ring (bicyclic) bond motifs is 1. The van der Waals surface area contributed by atoms with Crippen molar-refractivity contribution in [3.63, 3.8) is 0 Å². The van der Waals surface area contributed by atoms with Crippen LogP contribution in [0.5, 0.6) is 0 Å². The first-order valence-electron chi connectivity index (χ1n) is 9.10. The zero-order chi connectivity index (χ0) is 17.2. The summed E-state index contributed by atoms with van der Waals surface area (Å²) in [7, 11) is 0. The van der Waals surface area contributed by atoms with E-state index in [0.29, 0.717) is 0 Å². The molecule has 6 heteroatoms. The van der Waals surface area contributed by atoms with Gasteiger partial charge in [0.1, 0.15) is 5.69 Å². The van der Waals surface area contributed by atoms with Gasteiger partial charge in [-0.1, -0.05) is 12.1 Å². The number of piperidine rings is 1. The number of benzene rings is 1. The van der Waals surface area contributed by atoms with Crippen LogP contribution in [0.25, 0.3) is 22.2 Å². The lowest BCUT2D eigenvalue weighted by Gasteiger charge is -2.28. The zero-order valence-corrected chi connectivity index (χ0v) is 14.6. The van der Waals surface area contributed by atoms with Crippen LogP contribution in [-0.2, 0) is 6.54 Å². The second-order valence-corrected chi connectivity index (χ2v) is 6.99. The molecule has 0 unspecified atom stereocenters. The Kier molecular flexibility index (Phi) is 4.55. The topological polar surface area (TPSA) is 78.8 Å². The third-order valence-corrected chi connectivity index (χ3v) is 5.11. The van der Waals surface area contributed by atoms with Gasteiger partial charge >= 0.3 is 0 Å². The van der Waals surface area contributed by atoms with Gasteiger partial charge in [-0.3, -0.25) is 9.78 Å². The molecule has 3 heterocycles. The molecule has 0 bridgehead atoms. The Morgan fingerprint density at radius 3 is 3.08 bits per heavy atom. The Hall–Kier alpha value is -2.18. The molecule has 3 aromatic rings. The van der Waals surface area contributed by atoms with Gasteiger partial charge in [0.2, 0.25) is 0 Å². The van der Waals surface area contributed by atoms with Gasteiger partial charge in [0.05, 0.1) is 17.8 Å². The Balaban J connectivity index is 1.55. The first-order valence-corrected chi connectivity index (χ1v) is 9.10. The third-order valence-electron chi connectivity index (χ3n) is 5.11. The van der Waals surface area contributed by atoms with Gasteiger partial charge in [-0.05, 0) is 50.8 Å². The van der Waals surface area contributed by atoms with Crippen LogP contribution in [0.4, 0.5) is 0 Å². The average Bonchev–Trinajstić information content (AvgIpc) is 3.24. The highest BCUT2D eigenvalue weighted by atomic mass is 16.3. The molecule has 1 aliphatic rings. The molecule has 132 valence electrons. The SMILES string of the molecule is Cc1ccc2c(-c3cn[nH]c3)nn(CCC[C@H]3NCCC[C@@H]3O)c2c1. The second-order valence-electron chi connectivity index (χ2n) is 6.99. The highest BCUT2D eigenvalue weighted by Gasteiger charge is 2.22.